The van der Waals surface area contributed by atoms with E-state index in [9.17, 15) is 4.79 Å². The zero-order valence-corrected chi connectivity index (χ0v) is 13.2. The normalized spacial score (nSPS) is 23.9. The number of ether oxygens (including phenoxy) is 1. The quantitative estimate of drug-likeness (QED) is 0.851. The van der Waals surface area contributed by atoms with Gasteiger partial charge in [-0.2, -0.15) is 0 Å². The number of nitrogens with zero attached hydrogens (tertiary/aromatic N) is 2. The number of piperidine rings is 1. The van der Waals surface area contributed by atoms with Gasteiger partial charge >= 0.3 is 6.09 Å². The van der Waals surface area contributed by atoms with Crippen LogP contribution >= 0.6 is 11.8 Å². The summed E-state index contributed by atoms with van der Waals surface area (Å²) in [6.07, 6.45) is 7.16. The van der Waals surface area contributed by atoms with Crippen LogP contribution in [0.15, 0.2) is 17.3 Å². The summed E-state index contributed by atoms with van der Waals surface area (Å²) in [6, 6.07) is 0. The number of carbonyl (C=O) groups is 1. The van der Waals surface area contributed by atoms with E-state index in [4.69, 9.17) is 4.74 Å². The molecule has 0 aromatic rings. The fourth-order valence-electron chi connectivity index (χ4n) is 2.07. The van der Waals surface area contributed by atoms with Crippen molar-refractivity contribution in [1.82, 2.24) is 10.2 Å². The summed E-state index contributed by atoms with van der Waals surface area (Å²) < 4.78 is 5.43. The Labute approximate surface area is 124 Å². The van der Waals surface area contributed by atoms with E-state index < -0.39 is 5.60 Å². The molecule has 2 heterocycles. The Kier molecular flexibility index (Phi) is 5.10. The lowest BCUT2D eigenvalue weighted by molar-refractivity contribution is 0.0321. The van der Waals surface area contributed by atoms with Crippen LogP contribution in [0.25, 0.3) is 0 Å². The Morgan fingerprint density at radius 2 is 2.10 bits per heavy atom. The van der Waals surface area contributed by atoms with E-state index in [1.54, 1.807) is 35.2 Å². The minimum Gasteiger partial charge on any atom is -0.443 e. The predicted molar refractivity (Wildman–Crippen MR) is 83.0 cm³/mol. The minimum absolute atomic E-state index is 0.210. The van der Waals surface area contributed by atoms with Crippen LogP contribution in [0.5, 0.6) is 0 Å². The molecule has 1 N–H and O–H groups in total. The molecule has 1 unspecified atom stereocenters. The third-order valence-electron chi connectivity index (χ3n) is 2.99. The van der Waals surface area contributed by atoms with Gasteiger partial charge in [-0.15, -0.1) is 11.8 Å². The van der Waals surface area contributed by atoms with Crippen molar-refractivity contribution in [3.05, 3.63) is 12.3 Å². The first-order valence-corrected chi connectivity index (χ1v) is 7.97. The van der Waals surface area contributed by atoms with Gasteiger partial charge in [0.15, 0.2) is 5.50 Å². The van der Waals surface area contributed by atoms with Gasteiger partial charge < -0.3 is 10.1 Å². The van der Waals surface area contributed by atoms with Crippen LogP contribution in [-0.4, -0.2) is 46.6 Å². The van der Waals surface area contributed by atoms with Gasteiger partial charge in [0.25, 0.3) is 0 Å². The maximum absolute atomic E-state index is 12.2. The molecule has 1 fully saturated rings. The number of rotatable bonds is 2. The third-order valence-corrected chi connectivity index (χ3v) is 4.44. The van der Waals surface area contributed by atoms with E-state index in [1.807, 2.05) is 20.8 Å². The molecule has 1 amide bonds. The van der Waals surface area contributed by atoms with Crippen molar-refractivity contribution >= 4 is 24.1 Å². The van der Waals surface area contributed by atoms with Crippen LogP contribution in [0, 0.1) is 0 Å². The zero-order valence-electron chi connectivity index (χ0n) is 12.3. The predicted octanol–water partition coefficient (Wildman–Crippen LogP) is 2.59. The zero-order chi connectivity index (χ0) is 14.6. The van der Waals surface area contributed by atoms with Crippen molar-refractivity contribution in [3.8, 4) is 0 Å². The Morgan fingerprint density at radius 1 is 1.40 bits per heavy atom. The summed E-state index contributed by atoms with van der Waals surface area (Å²) in [7, 11) is 0. The number of nitrogens with one attached hydrogen (secondary N) is 1. The summed E-state index contributed by atoms with van der Waals surface area (Å²) in [5.41, 5.74) is -0.700. The third kappa shape index (κ3) is 4.52. The second-order valence-corrected chi connectivity index (χ2v) is 7.30. The number of aliphatic imine (C=N–C) groups is 1. The van der Waals surface area contributed by atoms with Gasteiger partial charge in [-0.25, -0.2) is 4.79 Å². The number of hydrogen-bond donors (Lipinski definition) is 1. The van der Waals surface area contributed by atoms with E-state index >= 15 is 0 Å². The maximum Gasteiger partial charge on any atom is 0.416 e. The van der Waals surface area contributed by atoms with Crippen molar-refractivity contribution in [2.24, 2.45) is 4.99 Å². The Balaban J connectivity index is 1.96. The van der Waals surface area contributed by atoms with E-state index in [0.717, 1.165) is 25.9 Å². The summed E-state index contributed by atoms with van der Waals surface area (Å²) in [4.78, 5) is 18.2. The molecule has 0 aliphatic carbocycles. The number of amides is 1. The first-order chi connectivity index (χ1) is 9.46. The molecule has 112 valence electrons. The summed E-state index contributed by atoms with van der Waals surface area (Å²) in [6.45, 7) is 7.69. The van der Waals surface area contributed by atoms with E-state index in [-0.39, 0.29) is 11.6 Å². The van der Waals surface area contributed by atoms with Gasteiger partial charge in [0.2, 0.25) is 0 Å². The van der Waals surface area contributed by atoms with E-state index in [0.29, 0.717) is 5.25 Å². The molecule has 0 aromatic heterocycles. The van der Waals surface area contributed by atoms with Crippen molar-refractivity contribution in [2.45, 2.75) is 50.0 Å². The highest BCUT2D eigenvalue weighted by Crippen LogP contribution is 2.30. The van der Waals surface area contributed by atoms with Gasteiger partial charge in [-0.05, 0) is 52.8 Å². The topological polar surface area (TPSA) is 53.9 Å². The van der Waals surface area contributed by atoms with Gasteiger partial charge in [0.1, 0.15) is 5.60 Å². The number of allylic oxidation sites excluding steroid dienone is 1. The number of carbonyl (C=O) groups excluding carboxylic acids is 1. The van der Waals surface area contributed by atoms with Gasteiger partial charge in [-0.3, -0.25) is 9.89 Å². The molecule has 5 nitrogen and oxygen atoms in total. The van der Waals surface area contributed by atoms with Gasteiger partial charge in [-0.1, -0.05) is 0 Å². The number of hydrogen-bond acceptors (Lipinski definition) is 5. The lowest BCUT2D eigenvalue weighted by atomic mass is 10.2. The van der Waals surface area contributed by atoms with Crippen LogP contribution in [0.3, 0.4) is 0 Å². The van der Waals surface area contributed by atoms with E-state index in [2.05, 4.69) is 10.3 Å². The second-order valence-electron chi connectivity index (χ2n) is 5.94. The molecule has 6 heteroatoms. The van der Waals surface area contributed by atoms with Gasteiger partial charge in [0.05, 0.1) is 0 Å². The van der Waals surface area contributed by atoms with Crippen molar-refractivity contribution < 1.29 is 9.53 Å². The minimum atomic E-state index is -0.490. The monoisotopic (exact) mass is 297 g/mol. The molecule has 1 atom stereocenters. The highest BCUT2D eigenvalue weighted by atomic mass is 32.2. The fourth-order valence-corrected chi connectivity index (χ4v) is 3.35. The molecular formula is C14H23N3O2S. The first kappa shape index (κ1) is 15.4. The van der Waals surface area contributed by atoms with Gasteiger partial charge in [0, 0.05) is 17.7 Å². The standard InChI is InChI=1S/C14H23N3O2S/c1-14(2,3)19-13(18)17-10-4-7-16-12(17)20-11-5-8-15-9-6-11/h4,7,10-12,15H,5-6,8-9H2,1-3H3. The molecule has 2 aliphatic heterocycles. The Hall–Kier alpha value is -1.01. The maximum atomic E-state index is 12.2. The molecule has 2 aliphatic rings. The average molecular weight is 297 g/mol. The lowest BCUT2D eigenvalue weighted by Crippen LogP contribution is -2.40. The molecule has 0 spiro atoms. The molecular weight excluding hydrogens is 274 g/mol. The van der Waals surface area contributed by atoms with Crippen LogP contribution < -0.4 is 5.32 Å². The molecule has 0 radical (unpaired) electrons. The van der Waals surface area contributed by atoms with Crippen molar-refractivity contribution in [1.29, 1.82) is 0 Å². The second kappa shape index (κ2) is 6.63. The molecule has 2 rings (SSSR count). The molecule has 0 bridgehead atoms. The van der Waals surface area contributed by atoms with Crippen LogP contribution in [0.4, 0.5) is 4.79 Å². The smallest absolute Gasteiger partial charge is 0.416 e. The highest BCUT2D eigenvalue weighted by molar-refractivity contribution is 8.00. The summed E-state index contributed by atoms with van der Waals surface area (Å²) in [5, 5.41) is 3.88. The van der Waals surface area contributed by atoms with E-state index in [1.165, 1.54) is 0 Å². The SMILES string of the molecule is CC(C)(C)OC(=O)N1C=CC=NC1SC1CCNCC1. The Bertz CT molecular complexity index is 398. The average Bonchev–Trinajstić information content (AvgIpc) is 2.38. The summed E-state index contributed by atoms with van der Waals surface area (Å²) >= 11 is 1.74. The lowest BCUT2D eigenvalue weighted by Gasteiger charge is -2.32. The fraction of sp³-hybridized carbons (Fsp3) is 0.714. The number of thioether (sulfide) groups is 1. The van der Waals surface area contributed by atoms with Crippen LogP contribution in [0.2, 0.25) is 0 Å². The summed E-state index contributed by atoms with van der Waals surface area (Å²) in [5.74, 6) is 0. The van der Waals surface area contributed by atoms with Crippen LogP contribution in [0.1, 0.15) is 33.6 Å². The first-order valence-electron chi connectivity index (χ1n) is 7.03. The van der Waals surface area contributed by atoms with Crippen LogP contribution in [-0.2, 0) is 4.74 Å². The molecule has 0 aromatic carbocycles. The van der Waals surface area contributed by atoms with Crippen molar-refractivity contribution in [3.63, 3.8) is 0 Å². The molecule has 0 saturated carbocycles. The molecule has 20 heavy (non-hydrogen) atoms. The Morgan fingerprint density at radius 3 is 2.75 bits per heavy atom. The highest BCUT2D eigenvalue weighted by Gasteiger charge is 2.30. The van der Waals surface area contributed by atoms with Crippen molar-refractivity contribution in [2.75, 3.05) is 13.1 Å². The molecule has 1 saturated heterocycles. The largest absolute Gasteiger partial charge is 0.443 e.